The average Bonchev–Trinajstić information content (AvgIpc) is 2.30. The summed E-state index contributed by atoms with van der Waals surface area (Å²) < 4.78 is 0. The summed E-state index contributed by atoms with van der Waals surface area (Å²) in [4.78, 5) is 0.347. The standard InChI is InChI=1S/C14H12Cl2N2S/c1-8-3-2-4-12(14(17)19)13(8)18-11-6-9(15)5-10(16)7-11/h2-7,18H,1H3,(H2,17,19). The fourth-order valence-electron chi connectivity index (χ4n) is 1.81. The number of hydrogen-bond acceptors (Lipinski definition) is 2. The van der Waals surface area contributed by atoms with Gasteiger partial charge in [0.1, 0.15) is 4.99 Å². The van der Waals surface area contributed by atoms with Crippen molar-refractivity contribution in [2.45, 2.75) is 6.92 Å². The van der Waals surface area contributed by atoms with Gasteiger partial charge in [0.25, 0.3) is 0 Å². The maximum Gasteiger partial charge on any atom is 0.106 e. The van der Waals surface area contributed by atoms with Crippen LogP contribution in [-0.4, -0.2) is 4.99 Å². The summed E-state index contributed by atoms with van der Waals surface area (Å²) >= 11 is 17.0. The van der Waals surface area contributed by atoms with Crippen molar-refractivity contribution in [1.29, 1.82) is 0 Å². The molecule has 0 spiro atoms. The number of nitrogens with one attached hydrogen (secondary N) is 1. The van der Waals surface area contributed by atoms with Gasteiger partial charge in [-0.2, -0.15) is 0 Å². The van der Waals surface area contributed by atoms with Crippen molar-refractivity contribution < 1.29 is 0 Å². The Morgan fingerprint density at radius 2 is 1.79 bits per heavy atom. The molecule has 0 amide bonds. The van der Waals surface area contributed by atoms with Gasteiger partial charge in [0.2, 0.25) is 0 Å². The largest absolute Gasteiger partial charge is 0.389 e. The fourth-order valence-corrected chi connectivity index (χ4v) is 2.51. The first-order valence-corrected chi connectivity index (χ1v) is 6.76. The summed E-state index contributed by atoms with van der Waals surface area (Å²) in [7, 11) is 0. The Bertz CT molecular complexity index is 621. The van der Waals surface area contributed by atoms with Crippen LogP contribution in [0.1, 0.15) is 11.1 Å². The maximum atomic E-state index is 5.98. The lowest BCUT2D eigenvalue weighted by atomic mass is 10.1. The van der Waals surface area contributed by atoms with Gasteiger partial charge in [0.05, 0.1) is 5.69 Å². The van der Waals surface area contributed by atoms with Gasteiger partial charge in [-0.1, -0.05) is 47.6 Å². The molecule has 2 aromatic rings. The molecule has 0 aliphatic heterocycles. The smallest absolute Gasteiger partial charge is 0.106 e. The molecule has 0 fully saturated rings. The lowest BCUT2D eigenvalue weighted by Crippen LogP contribution is -2.12. The van der Waals surface area contributed by atoms with E-state index in [1.165, 1.54) is 0 Å². The highest BCUT2D eigenvalue weighted by Crippen LogP contribution is 2.28. The third-order valence-corrected chi connectivity index (χ3v) is 3.33. The molecule has 0 saturated heterocycles. The van der Waals surface area contributed by atoms with Crippen LogP contribution in [0.4, 0.5) is 11.4 Å². The number of hydrogen-bond donors (Lipinski definition) is 2. The van der Waals surface area contributed by atoms with Gasteiger partial charge < -0.3 is 11.1 Å². The van der Waals surface area contributed by atoms with Crippen molar-refractivity contribution >= 4 is 51.8 Å². The minimum Gasteiger partial charge on any atom is -0.389 e. The molecule has 0 bridgehead atoms. The van der Waals surface area contributed by atoms with Gasteiger partial charge in [0.15, 0.2) is 0 Å². The molecule has 98 valence electrons. The number of anilines is 2. The first kappa shape index (κ1) is 14.1. The van der Waals surface area contributed by atoms with E-state index in [1.807, 2.05) is 25.1 Å². The summed E-state index contributed by atoms with van der Waals surface area (Å²) in [6.45, 7) is 1.98. The van der Waals surface area contributed by atoms with E-state index in [2.05, 4.69) is 5.32 Å². The second kappa shape index (κ2) is 5.78. The molecule has 0 aliphatic carbocycles. The van der Waals surface area contributed by atoms with Crippen LogP contribution >= 0.6 is 35.4 Å². The Kier molecular flexibility index (Phi) is 4.30. The SMILES string of the molecule is Cc1cccc(C(N)=S)c1Nc1cc(Cl)cc(Cl)c1. The third kappa shape index (κ3) is 3.38. The normalized spacial score (nSPS) is 10.3. The Balaban J connectivity index is 2.45. The second-order valence-corrected chi connectivity index (χ2v) is 5.46. The fraction of sp³-hybridized carbons (Fsp3) is 0.0714. The van der Waals surface area contributed by atoms with Gasteiger partial charge in [-0.25, -0.2) is 0 Å². The molecule has 2 aromatic carbocycles. The molecular formula is C14H12Cl2N2S. The molecule has 0 saturated carbocycles. The molecule has 5 heteroatoms. The summed E-state index contributed by atoms with van der Waals surface area (Å²) in [6, 6.07) is 11.0. The number of benzene rings is 2. The molecule has 2 rings (SSSR count). The molecule has 0 unspecified atom stereocenters. The van der Waals surface area contributed by atoms with Crippen LogP contribution < -0.4 is 11.1 Å². The van der Waals surface area contributed by atoms with Crippen molar-refractivity contribution in [3.8, 4) is 0 Å². The van der Waals surface area contributed by atoms with E-state index in [4.69, 9.17) is 41.2 Å². The quantitative estimate of drug-likeness (QED) is 0.808. The molecule has 19 heavy (non-hydrogen) atoms. The first-order chi connectivity index (χ1) is 8.97. The number of aryl methyl sites for hydroxylation is 1. The average molecular weight is 311 g/mol. The number of halogens is 2. The highest BCUT2D eigenvalue weighted by molar-refractivity contribution is 7.80. The number of thiocarbonyl (C=S) groups is 1. The predicted octanol–water partition coefficient (Wildman–Crippen LogP) is 4.68. The van der Waals surface area contributed by atoms with Crippen molar-refractivity contribution in [3.05, 3.63) is 57.6 Å². The molecule has 0 atom stereocenters. The van der Waals surface area contributed by atoms with E-state index in [0.29, 0.717) is 15.0 Å². The van der Waals surface area contributed by atoms with Crippen molar-refractivity contribution in [2.24, 2.45) is 5.73 Å². The van der Waals surface area contributed by atoms with E-state index in [9.17, 15) is 0 Å². The molecule has 0 aliphatic rings. The maximum absolute atomic E-state index is 5.98. The minimum absolute atomic E-state index is 0.347. The zero-order chi connectivity index (χ0) is 14.0. The van der Waals surface area contributed by atoms with E-state index >= 15 is 0 Å². The second-order valence-electron chi connectivity index (χ2n) is 4.14. The van der Waals surface area contributed by atoms with E-state index < -0.39 is 0 Å². The summed E-state index contributed by atoms with van der Waals surface area (Å²) in [5.41, 5.74) is 9.24. The lowest BCUT2D eigenvalue weighted by molar-refractivity contribution is 1.41. The molecule has 0 aromatic heterocycles. The van der Waals surface area contributed by atoms with Crippen LogP contribution in [0.3, 0.4) is 0 Å². The number of rotatable bonds is 3. The topological polar surface area (TPSA) is 38.0 Å². The molecule has 0 heterocycles. The van der Waals surface area contributed by atoms with Crippen LogP contribution in [0.25, 0.3) is 0 Å². The van der Waals surface area contributed by atoms with Gasteiger partial charge in [0, 0.05) is 21.3 Å². The monoisotopic (exact) mass is 310 g/mol. The van der Waals surface area contributed by atoms with Crippen LogP contribution in [0.5, 0.6) is 0 Å². The Morgan fingerprint density at radius 1 is 1.16 bits per heavy atom. The number of nitrogens with two attached hydrogens (primary N) is 1. The predicted molar refractivity (Wildman–Crippen MR) is 86.8 cm³/mol. The molecular weight excluding hydrogens is 299 g/mol. The van der Waals surface area contributed by atoms with Crippen molar-refractivity contribution in [1.82, 2.24) is 0 Å². The van der Waals surface area contributed by atoms with Crippen LogP contribution in [0, 0.1) is 6.92 Å². The summed E-state index contributed by atoms with van der Waals surface area (Å²) in [5, 5.41) is 4.41. The van der Waals surface area contributed by atoms with Gasteiger partial charge in [-0.05, 0) is 36.8 Å². The van der Waals surface area contributed by atoms with Gasteiger partial charge in [-0.3, -0.25) is 0 Å². The zero-order valence-electron chi connectivity index (χ0n) is 10.2. The lowest BCUT2D eigenvalue weighted by Gasteiger charge is -2.14. The van der Waals surface area contributed by atoms with Gasteiger partial charge >= 0.3 is 0 Å². The zero-order valence-corrected chi connectivity index (χ0v) is 12.5. The first-order valence-electron chi connectivity index (χ1n) is 5.60. The summed E-state index contributed by atoms with van der Waals surface area (Å²) in [6.07, 6.45) is 0. The van der Waals surface area contributed by atoms with E-state index in [-0.39, 0.29) is 0 Å². The van der Waals surface area contributed by atoms with E-state index in [0.717, 1.165) is 22.5 Å². The van der Waals surface area contributed by atoms with Crippen molar-refractivity contribution in [3.63, 3.8) is 0 Å². The Hall–Kier alpha value is -1.29. The number of para-hydroxylation sites is 1. The summed E-state index contributed by atoms with van der Waals surface area (Å²) in [5.74, 6) is 0. The van der Waals surface area contributed by atoms with E-state index in [1.54, 1.807) is 18.2 Å². The minimum atomic E-state index is 0.347. The third-order valence-electron chi connectivity index (χ3n) is 2.67. The highest BCUT2D eigenvalue weighted by Gasteiger charge is 2.09. The van der Waals surface area contributed by atoms with Gasteiger partial charge in [-0.15, -0.1) is 0 Å². The molecule has 3 N–H and O–H groups in total. The van der Waals surface area contributed by atoms with Crippen LogP contribution in [-0.2, 0) is 0 Å². The Labute approximate surface area is 127 Å². The van der Waals surface area contributed by atoms with Crippen molar-refractivity contribution in [2.75, 3.05) is 5.32 Å². The van der Waals surface area contributed by atoms with Crippen LogP contribution in [0.2, 0.25) is 10.0 Å². The Morgan fingerprint density at radius 3 is 2.37 bits per heavy atom. The molecule has 2 nitrogen and oxygen atoms in total. The van der Waals surface area contributed by atoms with Crippen LogP contribution in [0.15, 0.2) is 36.4 Å². The highest BCUT2D eigenvalue weighted by atomic mass is 35.5. The molecule has 0 radical (unpaired) electrons.